The molecule has 1 aliphatic rings. The van der Waals surface area contributed by atoms with E-state index in [1.54, 1.807) is 0 Å². The third kappa shape index (κ3) is 5.33. The maximum absolute atomic E-state index is 12.6. The summed E-state index contributed by atoms with van der Waals surface area (Å²) in [6, 6.07) is 10.3. The van der Waals surface area contributed by atoms with Gasteiger partial charge in [-0.2, -0.15) is 0 Å². The zero-order valence-corrected chi connectivity index (χ0v) is 14.6. The van der Waals surface area contributed by atoms with Gasteiger partial charge in [-0.3, -0.25) is 4.79 Å². The second kappa shape index (κ2) is 7.45. The SMILES string of the molecule is CC(C)(C)NC[C@@]1(O)CCCN(CCCc2ccccc2)C1=O. The summed E-state index contributed by atoms with van der Waals surface area (Å²) in [7, 11) is 0. The van der Waals surface area contributed by atoms with Crippen molar-refractivity contribution in [3.05, 3.63) is 35.9 Å². The van der Waals surface area contributed by atoms with Crippen molar-refractivity contribution < 1.29 is 9.90 Å². The number of carbonyl (C=O) groups is 1. The number of aryl methyl sites for hydroxylation is 1. The Morgan fingerprint density at radius 2 is 1.96 bits per heavy atom. The molecule has 1 amide bonds. The van der Waals surface area contributed by atoms with Gasteiger partial charge in [0.25, 0.3) is 5.91 Å². The number of carbonyl (C=O) groups excluding carboxylic acids is 1. The van der Waals surface area contributed by atoms with Crippen molar-refractivity contribution in [2.45, 2.75) is 57.6 Å². The Morgan fingerprint density at radius 3 is 2.61 bits per heavy atom. The summed E-state index contributed by atoms with van der Waals surface area (Å²) >= 11 is 0. The molecule has 1 aliphatic heterocycles. The summed E-state index contributed by atoms with van der Waals surface area (Å²) in [4.78, 5) is 14.5. The van der Waals surface area contributed by atoms with Gasteiger partial charge in [-0.1, -0.05) is 30.3 Å². The maximum atomic E-state index is 12.6. The minimum atomic E-state index is -1.25. The predicted molar refractivity (Wildman–Crippen MR) is 93.3 cm³/mol. The molecule has 2 N–H and O–H groups in total. The van der Waals surface area contributed by atoms with Gasteiger partial charge in [-0.15, -0.1) is 0 Å². The molecule has 1 aromatic carbocycles. The topological polar surface area (TPSA) is 52.6 Å². The molecule has 0 unspecified atom stereocenters. The second-order valence-electron chi connectivity index (χ2n) is 7.62. The number of aliphatic hydroxyl groups is 1. The minimum absolute atomic E-state index is 0.106. The highest BCUT2D eigenvalue weighted by Gasteiger charge is 2.42. The maximum Gasteiger partial charge on any atom is 0.255 e. The molecule has 0 radical (unpaired) electrons. The van der Waals surface area contributed by atoms with E-state index in [1.165, 1.54) is 5.56 Å². The number of β-amino-alcohol motifs (C(OH)–C–C–N with tert-alkyl or cyclic N) is 1. The first kappa shape index (κ1) is 18.0. The first-order valence-corrected chi connectivity index (χ1v) is 8.61. The molecule has 0 spiro atoms. The Balaban J connectivity index is 1.86. The third-order valence-electron chi connectivity index (χ3n) is 4.35. The van der Waals surface area contributed by atoms with Crippen molar-refractivity contribution in [2.24, 2.45) is 0 Å². The molecule has 1 fully saturated rings. The van der Waals surface area contributed by atoms with Crippen molar-refractivity contribution in [3.8, 4) is 0 Å². The molecule has 1 aromatic rings. The Kier molecular flexibility index (Phi) is 5.82. The number of rotatable bonds is 6. The Hall–Kier alpha value is -1.39. The van der Waals surface area contributed by atoms with E-state index in [4.69, 9.17) is 0 Å². The van der Waals surface area contributed by atoms with Crippen LogP contribution in [0.2, 0.25) is 0 Å². The van der Waals surface area contributed by atoms with Crippen LogP contribution in [0.5, 0.6) is 0 Å². The average molecular weight is 318 g/mol. The zero-order chi connectivity index (χ0) is 16.9. The van der Waals surface area contributed by atoms with Crippen LogP contribution in [0.15, 0.2) is 30.3 Å². The molecule has 4 heteroatoms. The fourth-order valence-electron chi connectivity index (χ4n) is 2.97. The van der Waals surface area contributed by atoms with Crippen LogP contribution in [-0.4, -0.2) is 46.7 Å². The number of nitrogens with zero attached hydrogens (tertiary/aromatic N) is 1. The predicted octanol–water partition coefficient (Wildman–Crippen LogP) is 2.36. The van der Waals surface area contributed by atoms with E-state index in [2.05, 4.69) is 17.4 Å². The first-order valence-electron chi connectivity index (χ1n) is 8.61. The monoisotopic (exact) mass is 318 g/mol. The normalized spacial score (nSPS) is 22.4. The number of nitrogens with one attached hydrogen (secondary N) is 1. The summed E-state index contributed by atoms with van der Waals surface area (Å²) in [5, 5.41) is 14.0. The molecular weight excluding hydrogens is 288 g/mol. The van der Waals surface area contributed by atoms with Crippen molar-refractivity contribution >= 4 is 5.91 Å². The molecule has 1 saturated heterocycles. The fourth-order valence-corrected chi connectivity index (χ4v) is 2.97. The van der Waals surface area contributed by atoms with Gasteiger partial charge in [0, 0.05) is 25.2 Å². The average Bonchev–Trinajstić information content (AvgIpc) is 2.50. The molecule has 1 heterocycles. The van der Waals surface area contributed by atoms with Crippen LogP contribution in [0, 0.1) is 0 Å². The number of hydrogen-bond acceptors (Lipinski definition) is 3. The second-order valence-corrected chi connectivity index (χ2v) is 7.62. The summed E-state index contributed by atoms with van der Waals surface area (Å²) in [6.07, 6.45) is 3.30. The summed E-state index contributed by atoms with van der Waals surface area (Å²) in [6.45, 7) is 7.92. The van der Waals surface area contributed by atoms with Gasteiger partial charge in [0.1, 0.15) is 0 Å². The van der Waals surface area contributed by atoms with Gasteiger partial charge in [0.15, 0.2) is 5.60 Å². The van der Waals surface area contributed by atoms with Gasteiger partial charge in [0.2, 0.25) is 0 Å². The van der Waals surface area contributed by atoms with E-state index in [1.807, 2.05) is 43.9 Å². The number of amides is 1. The molecule has 128 valence electrons. The van der Waals surface area contributed by atoms with E-state index in [9.17, 15) is 9.90 Å². The number of piperidine rings is 1. The summed E-state index contributed by atoms with van der Waals surface area (Å²) in [5.74, 6) is -0.117. The Morgan fingerprint density at radius 1 is 1.26 bits per heavy atom. The lowest BCUT2D eigenvalue weighted by molar-refractivity contribution is -0.156. The molecule has 4 nitrogen and oxygen atoms in total. The number of hydrogen-bond donors (Lipinski definition) is 2. The highest BCUT2D eigenvalue weighted by Crippen LogP contribution is 2.23. The zero-order valence-electron chi connectivity index (χ0n) is 14.6. The molecule has 1 atom stereocenters. The summed E-state index contributed by atoms with van der Waals surface area (Å²) < 4.78 is 0. The quantitative estimate of drug-likeness (QED) is 0.846. The highest BCUT2D eigenvalue weighted by molar-refractivity contribution is 5.86. The third-order valence-corrected chi connectivity index (χ3v) is 4.35. The van der Waals surface area contributed by atoms with Gasteiger partial charge < -0.3 is 15.3 Å². The molecule has 0 saturated carbocycles. The van der Waals surface area contributed by atoms with Gasteiger partial charge >= 0.3 is 0 Å². The molecule has 0 aliphatic carbocycles. The van der Waals surface area contributed by atoms with Crippen molar-refractivity contribution in [3.63, 3.8) is 0 Å². The standard InChI is InChI=1S/C19H30N2O2/c1-18(2,3)20-15-19(23)12-8-14-21(17(19)22)13-7-11-16-9-5-4-6-10-16/h4-6,9-10,20,23H,7-8,11-15H2,1-3H3/t19-/m0/s1. The van der Waals surface area contributed by atoms with Crippen LogP contribution >= 0.6 is 0 Å². The van der Waals surface area contributed by atoms with Crippen LogP contribution in [-0.2, 0) is 11.2 Å². The van der Waals surface area contributed by atoms with Crippen molar-refractivity contribution in [1.29, 1.82) is 0 Å². The van der Waals surface area contributed by atoms with Crippen molar-refractivity contribution in [1.82, 2.24) is 10.2 Å². The number of likely N-dealkylation sites (tertiary alicyclic amines) is 1. The van der Waals surface area contributed by atoms with Gasteiger partial charge in [0.05, 0.1) is 0 Å². The lowest BCUT2D eigenvalue weighted by Crippen LogP contribution is -2.60. The smallest absolute Gasteiger partial charge is 0.255 e. The lowest BCUT2D eigenvalue weighted by Gasteiger charge is -2.39. The van der Waals surface area contributed by atoms with Crippen LogP contribution in [0.4, 0.5) is 0 Å². The molecule has 0 aromatic heterocycles. The molecule has 23 heavy (non-hydrogen) atoms. The first-order chi connectivity index (χ1) is 10.8. The van der Waals surface area contributed by atoms with Crippen LogP contribution in [0.25, 0.3) is 0 Å². The van der Waals surface area contributed by atoms with Crippen molar-refractivity contribution in [2.75, 3.05) is 19.6 Å². The highest BCUT2D eigenvalue weighted by atomic mass is 16.3. The fraction of sp³-hybridized carbons (Fsp3) is 0.632. The Labute approximate surface area is 139 Å². The van der Waals surface area contributed by atoms with Gasteiger partial charge in [-0.05, 0) is 52.0 Å². The van der Waals surface area contributed by atoms with E-state index in [0.717, 1.165) is 25.8 Å². The minimum Gasteiger partial charge on any atom is -0.379 e. The van der Waals surface area contributed by atoms with E-state index in [-0.39, 0.29) is 11.4 Å². The molecular formula is C19H30N2O2. The lowest BCUT2D eigenvalue weighted by atomic mass is 9.90. The van der Waals surface area contributed by atoms with Crippen LogP contribution < -0.4 is 5.32 Å². The van der Waals surface area contributed by atoms with E-state index in [0.29, 0.717) is 19.5 Å². The Bertz CT molecular complexity index is 510. The molecule has 0 bridgehead atoms. The van der Waals surface area contributed by atoms with Gasteiger partial charge in [-0.25, -0.2) is 0 Å². The summed E-state index contributed by atoms with van der Waals surface area (Å²) in [5.41, 5.74) is -0.0641. The molecule has 2 rings (SSSR count). The van der Waals surface area contributed by atoms with Crippen LogP contribution in [0.3, 0.4) is 0 Å². The van der Waals surface area contributed by atoms with E-state index >= 15 is 0 Å². The number of benzene rings is 1. The van der Waals surface area contributed by atoms with E-state index < -0.39 is 5.60 Å². The van der Waals surface area contributed by atoms with Crippen LogP contribution in [0.1, 0.15) is 45.6 Å². The largest absolute Gasteiger partial charge is 0.379 e.